The van der Waals surface area contributed by atoms with Gasteiger partial charge >= 0.3 is 0 Å². The van der Waals surface area contributed by atoms with Gasteiger partial charge in [0.1, 0.15) is 5.82 Å². The number of aromatic nitrogens is 1. The largest absolute Gasteiger partial charge is 0.493 e. The van der Waals surface area contributed by atoms with Crippen molar-refractivity contribution in [1.29, 1.82) is 0 Å². The van der Waals surface area contributed by atoms with Crippen LogP contribution < -0.4 is 19.7 Å². The van der Waals surface area contributed by atoms with Crippen molar-refractivity contribution >= 4 is 5.82 Å². The van der Waals surface area contributed by atoms with Crippen LogP contribution in [0.2, 0.25) is 0 Å². The highest BCUT2D eigenvalue weighted by Gasteiger charge is 2.23. The molecule has 2 saturated heterocycles. The van der Waals surface area contributed by atoms with Gasteiger partial charge in [-0.1, -0.05) is 0 Å². The molecular weight excluding hydrogens is 304 g/mol. The normalized spacial score (nSPS) is 22.5. The molecule has 24 heavy (non-hydrogen) atoms. The molecule has 1 atom stereocenters. The number of piperidine rings is 1. The molecule has 0 saturated carbocycles. The lowest BCUT2D eigenvalue weighted by Crippen LogP contribution is -2.42. The van der Waals surface area contributed by atoms with Gasteiger partial charge in [-0.05, 0) is 45.9 Å². The summed E-state index contributed by atoms with van der Waals surface area (Å²) in [6.07, 6.45) is 5.32. The SMILES string of the molecule is COc1cc(N(C)C2CCN(C)CC2)ncc1OCC1CCNC1. The molecular formula is C18H30N4O2. The molecule has 1 unspecified atom stereocenters. The van der Waals surface area contributed by atoms with Crippen LogP contribution in [-0.2, 0) is 0 Å². The first-order valence-corrected chi connectivity index (χ1v) is 8.96. The van der Waals surface area contributed by atoms with Gasteiger partial charge in [0.05, 0.1) is 19.9 Å². The van der Waals surface area contributed by atoms with Gasteiger partial charge in [0.25, 0.3) is 0 Å². The number of hydrogen-bond acceptors (Lipinski definition) is 6. The van der Waals surface area contributed by atoms with Crippen LogP contribution in [0.3, 0.4) is 0 Å². The summed E-state index contributed by atoms with van der Waals surface area (Å²) in [5.41, 5.74) is 0. The Morgan fingerprint density at radius 1 is 1.29 bits per heavy atom. The highest BCUT2D eigenvalue weighted by molar-refractivity contribution is 5.50. The molecule has 2 fully saturated rings. The topological polar surface area (TPSA) is 49.9 Å². The van der Waals surface area contributed by atoms with E-state index in [0.29, 0.717) is 12.0 Å². The minimum atomic E-state index is 0.537. The number of ether oxygens (including phenoxy) is 2. The fourth-order valence-corrected chi connectivity index (χ4v) is 3.51. The number of nitrogens with one attached hydrogen (secondary N) is 1. The lowest BCUT2D eigenvalue weighted by molar-refractivity contribution is 0.245. The minimum absolute atomic E-state index is 0.537. The number of anilines is 1. The van der Waals surface area contributed by atoms with Crippen LogP contribution in [0.1, 0.15) is 19.3 Å². The van der Waals surface area contributed by atoms with Crippen LogP contribution in [-0.4, -0.2) is 69.9 Å². The number of rotatable bonds is 6. The van der Waals surface area contributed by atoms with Crippen molar-refractivity contribution in [2.75, 3.05) is 58.9 Å². The molecule has 1 aromatic rings. The van der Waals surface area contributed by atoms with Gasteiger partial charge in [0, 0.05) is 31.6 Å². The second-order valence-electron chi connectivity index (χ2n) is 7.01. The van der Waals surface area contributed by atoms with Gasteiger partial charge in [-0.25, -0.2) is 4.98 Å². The summed E-state index contributed by atoms with van der Waals surface area (Å²) in [5, 5.41) is 3.36. The lowest BCUT2D eigenvalue weighted by atomic mass is 10.0. The van der Waals surface area contributed by atoms with Crippen LogP contribution in [0.5, 0.6) is 11.5 Å². The Morgan fingerprint density at radius 3 is 2.75 bits per heavy atom. The van der Waals surface area contributed by atoms with Gasteiger partial charge in [0.15, 0.2) is 11.5 Å². The van der Waals surface area contributed by atoms with E-state index in [4.69, 9.17) is 9.47 Å². The van der Waals surface area contributed by atoms with Crippen molar-refractivity contribution in [3.63, 3.8) is 0 Å². The summed E-state index contributed by atoms with van der Waals surface area (Å²) >= 11 is 0. The highest BCUT2D eigenvalue weighted by atomic mass is 16.5. The molecule has 0 aromatic carbocycles. The van der Waals surface area contributed by atoms with Gasteiger partial charge in [-0.15, -0.1) is 0 Å². The molecule has 0 aliphatic carbocycles. The predicted octanol–water partition coefficient (Wildman–Crippen LogP) is 1.61. The fraction of sp³-hybridized carbons (Fsp3) is 0.722. The van der Waals surface area contributed by atoms with E-state index in [1.165, 1.54) is 19.3 Å². The van der Waals surface area contributed by atoms with E-state index in [2.05, 4.69) is 34.2 Å². The third-order valence-electron chi connectivity index (χ3n) is 5.27. The first-order valence-electron chi connectivity index (χ1n) is 8.96. The fourth-order valence-electron chi connectivity index (χ4n) is 3.51. The lowest BCUT2D eigenvalue weighted by Gasteiger charge is -2.35. The maximum atomic E-state index is 5.95. The Hall–Kier alpha value is -1.53. The quantitative estimate of drug-likeness (QED) is 0.853. The Labute approximate surface area is 145 Å². The van der Waals surface area contributed by atoms with E-state index in [1.807, 2.05) is 12.3 Å². The molecule has 0 radical (unpaired) electrons. The van der Waals surface area contributed by atoms with Crippen molar-refractivity contribution in [1.82, 2.24) is 15.2 Å². The average molecular weight is 334 g/mol. The van der Waals surface area contributed by atoms with Crippen LogP contribution in [0.25, 0.3) is 0 Å². The molecule has 134 valence electrons. The molecule has 0 amide bonds. The Kier molecular flexibility index (Phi) is 5.79. The molecule has 0 spiro atoms. The third-order valence-corrected chi connectivity index (χ3v) is 5.27. The monoisotopic (exact) mass is 334 g/mol. The molecule has 3 rings (SSSR count). The second-order valence-corrected chi connectivity index (χ2v) is 7.01. The van der Waals surface area contributed by atoms with E-state index >= 15 is 0 Å². The average Bonchev–Trinajstić information content (AvgIpc) is 3.13. The van der Waals surface area contributed by atoms with Gasteiger partial charge in [0.2, 0.25) is 0 Å². The molecule has 1 N–H and O–H groups in total. The minimum Gasteiger partial charge on any atom is -0.493 e. The van der Waals surface area contributed by atoms with E-state index in [-0.39, 0.29) is 0 Å². The van der Waals surface area contributed by atoms with Crippen LogP contribution in [0, 0.1) is 5.92 Å². The van der Waals surface area contributed by atoms with Gasteiger partial charge in [-0.2, -0.15) is 0 Å². The van der Waals surface area contributed by atoms with Crippen molar-refractivity contribution in [2.45, 2.75) is 25.3 Å². The standard InChI is InChI=1S/C18H30N4O2/c1-21-8-5-15(6-9-21)22(2)18-10-16(23-3)17(12-20-18)24-13-14-4-7-19-11-14/h10,12,14-15,19H,4-9,11,13H2,1-3H3. The first kappa shape index (κ1) is 17.3. The Morgan fingerprint density at radius 2 is 2.08 bits per heavy atom. The number of methoxy groups -OCH3 is 1. The van der Waals surface area contributed by atoms with Crippen LogP contribution >= 0.6 is 0 Å². The first-order chi connectivity index (χ1) is 11.7. The maximum Gasteiger partial charge on any atom is 0.179 e. The predicted molar refractivity (Wildman–Crippen MR) is 96.2 cm³/mol. The summed E-state index contributed by atoms with van der Waals surface area (Å²) in [7, 11) is 6.00. The molecule has 6 heteroatoms. The number of likely N-dealkylation sites (tertiary alicyclic amines) is 1. The van der Waals surface area contributed by atoms with Crippen molar-refractivity contribution in [2.24, 2.45) is 5.92 Å². The molecule has 1 aromatic heterocycles. The van der Waals surface area contributed by atoms with Gasteiger partial charge < -0.3 is 24.6 Å². The summed E-state index contributed by atoms with van der Waals surface area (Å²) < 4.78 is 11.5. The molecule has 0 bridgehead atoms. The molecule has 6 nitrogen and oxygen atoms in total. The van der Waals surface area contributed by atoms with Crippen LogP contribution in [0.15, 0.2) is 12.3 Å². The second kappa shape index (κ2) is 8.03. The van der Waals surface area contributed by atoms with Gasteiger partial charge in [-0.3, -0.25) is 0 Å². The number of nitrogens with zero attached hydrogens (tertiary/aromatic N) is 3. The summed E-state index contributed by atoms with van der Waals surface area (Å²) in [5.74, 6) is 3.04. The zero-order chi connectivity index (χ0) is 16.9. The molecule has 2 aliphatic heterocycles. The third kappa shape index (κ3) is 4.11. The van der Waals surface area contributed by atoms with E-state index in [0.717, 1.165) is 50.1 Å². The maximum absolute atomic E-state index is 5.95. The summed E-state index contributed by atoms with van der Waals surface area (Å²) in [6.45, 7) is 5.12. The Bertz CT molecular complexity index is 526. The Balaban J connectivity index is 1.64. The summed E-state index contributed by atoms with van der Waals surface area (Å²) in [6, 6.07) is 2.54. The van der Waals surface area contributed by atoms with Crippen molar-refractivity contribution in [3.8, 4) is 11.5 Å². The van der Waals surface area contributed by atoms with E-state index in [9.17, 15) is 0 Å². The van der Waals surface area contributed by atoms with Crippen molar-refractivity contribution in [3.05, 3.63) is 12.3 Å². The smallest absolute Gasteiger partial charge is 0.179 e. The summed E-state index contributed by atoms with van der Waals surface area (Å²) in [4.78, 5) is 9.28. The zero-order valence-electron chi connectivity index (χ0n) is 15.1. The molecule has 2 aliphatic rings. The zero-order valence-corrected chi connectivity index (χ0v) is 15.1. The number of pyridine rings is 1. The highest BCUT2D eigenvalue weighted by Crippen LogP contribution is 2.31. The van der Waals surface area contributed by atoms with E-state index < -0.39 is 0 Å². The molecule has 3 heterocycles. The van der Waals surface area contributed by atoms with E-state index in [1.54, 1.807) is 7.11 Å². The number of hydrogen-bond donors (Lipinski definition) is 1. The van der Waals surface area contributed by atoms with Crippen LogP contribution in [0.4, 0.5) is 5.82 Å². The van der Waals surface area contributed by atoms with Crippen molar-refractivity contribution < 1.29 is 9.47 Å².